The van der Waals surface area contributed by atoms with Gasteiger partial charge in [-0.05, 0) is 76.6 Å². The zero-order valence-electron chi connectivity index (χ0n) is 23.4. The molecule has 2 aliphatic rings. The van der Waals surface area contributed by atoms with E-state index >= 15 is 0 Å². The third kappa shape index (κ3) is 5.18. The van der Waals surface area contributed by atoms with E-state index in [2.05, 4.69) is 27.2 Å². The van der Waals surface area contributed by atoms with E-state index in [1.165, 1.54) is 0 Å². The minimum Gasteiger partial charge on any atom is -0.368 e. The second-order valence-corrected chi connectivity index (χ2v) is 11.2. The van der Waals surface area contributed by atoms with Crippen LogP contribution in [0.25, 0.3) is 10.9 Å². The van der Waals surface area contributed by atoms with Crippen LogP contribution in [0.3, 0.4) is 0 Å². The van der Waals surface area contributed by atoms with Gasteiger partial charge >= 0.3 is 0 Å². The number of hydrogen-bond acceptors (Lipinski definition) is 5. The van der Waals surface area contributed by atoms with E-state index in [-0.39, 0.29) is 43.2 Å². The fourth-order valence-corrected chi connectivity index (χ4v) is 6.49. The van der Waals surface area contributed by atoms with Crippen molar-refractivity contribution in [1.29, 1.82) is 0 Å². The van der Waals surface area contributed by atoms with Crippen LogP contribution in [0.4, 0.5) is 14.5 Å². The summed E-state index contributed by atoms with van der Waals surface area (Å²) in [5.74, 6) is -2.78. The highest BCUT2D eigenvalue weighted by Gasteiger charge is 2.47. The van der Waals surface area contributed by atoms with Crippen LogP contribution in [0.15, 0.2) is 23.1 Å². The van der Waals surface area contributed by atoms with Gasteiger partial charge in [0.05, 0.1) is 30.5 Å². The topological polar surface area (TPSA) is 86.3 Å². The second kappa shape index (κ2) is 10.4. The number of aryl methyl sites for hydroxylation is 3. The van der Waals surface area contributed by atoms with Gasteiger partial charge in [-0.15, -0.1) is 0 Å². The molecule has 5 rings (SSSR count). The van der Waals surface area contributed by atoms with E-state index < -0.39 is 5.92 Å². The molecule has 0 atom stereocenters. The molecule has 0 unspecified atom stereocenters. The number of halogens is 2. The number of fused-ring (bicyclic) bond motifs is 1. The first kappa shape index (κ1) is 27.3. The fraction of sp³-hybridized carbons (Fsp3) is 0.552. The average Bonchev–Trinajstić information content (AvgIpc) is 3.23. The molecule has 0 spiro atoms. The number of likely N-dealkylation sites (tertiary alicyclic amines) is 1. The number of anilines is 1. The van der Waals surface area contributed by atoms with Gasteiger partial charge in [0.2, 0.25) is 0 Å². The number of amides is 1. The molecular formula is C29H38F2N6O2. The Labute approximate surface area is 227 Å². The molecule has 10 heteroatoms. The molecule has 0 radical (unpaired) electrons. The molecule has 1 aromatic carbocycles. The normalized spacial score (nSPS) is 21.1. The van der Waals surface area contributed by atoms with Gasteiger partial charge in [0.25, 0.3) is 17.4 Å². The SMILES string of the molecule is CCN(c1c(C)c(C(=O)NCc2c(C)cc(C)[nH]c2=O)cc2c1cnn2C)C1CCC(N2CC(F)(F)C2)CC1. The van der Waals surface area contributed by atoms with Crippen molar-refractivity contribution in [2.45, 2.75) is 77.9 Å². The van der Waals surface area contributed by atoms with Gasteiger partial charge in [-0.3, -0.25) is 19.2 Å². The molecule has 3 heterocycles. The van der Waals surface area contributed by atoms with Crippen molar-refractivity contribution in [3.8, 4) is 0 Å². The predicted molar refractivity (Wildman–Crippen MR) is 149 cm³/mol. The average molecular weight is 541 g/mol. The summed E-state index contributed by atoms with van der Waals surface area (Å²) in [4.78, 5) is 33.1. The number of aromatic amines is 1. The molecule has 1 aliphatic heterocycles. The number of rotatable bonds is 7. The molecule has 0 bridgehead atoms. The number of carbonyl (C=O) groups excluding carboxylic acids is 1. The Kier molecular flexibility index (Phi) is 7.26. The van der Waals surface area contributed by atoms with E-state index in [4.69, 9.17) is 0 Å². The Hall–Kier alpha value is -3.27. The summed E-state index contributed by atoms with van der Waals surface area (Å²) in [7, 11) is 1.86. The van der Waals surface area contributed by atoms with Crippen LogP contribution in [0, 0.1) is 20.8 Å². The highest BCUT2D eigenvalue weighted by molar-refractivity contribution is 6.05. The Morgan fingerprint density at radius 2 is 1.87 bits per heavy atom. The standard InChI is InChI=1S/C29H38F2N6O2/c1-6-37(21-9-7-20(8-10-21)36-15-29(30,31)16-36)26-19(4)22(12-25-24(26)14-33-35(25)5)27(38)32-13-23-17(2)11-18(3)34-28(23)39/h11-12,14,20-21H,6-10,13,15-16H2,1-5H3,(H,32,38)(H,34,39). The summed E-state index contributed by atoms with van der Waals surface area (Å²) < 4.78 is 28.6. The Morgan fingerprint density at radius 3 is 2.49 bits per heavy atom. The van der Waals surface area contributed by atoms with Crippen LogP contribution in [0.1, 0.15) is 65.3 Å². The lowest BCUT2D eigenvalue weighted by Crippen LogP contribution is -2.61. The minimum absolute atomic E-state index is 0.125. The van der Waals surface area contributed by atoms with Crippen LogP contribution in [-0.2, 0) is 13.6 Å². The molecule has 1 aliphatic carbocycles. The van der Waals surface area contributed by atoms with Gasteiger partial charge in [0.1, 0.15) is 0 Å². The lowest BCUT2D eigenvalue weighted by atomic mass is 9.86. The number of alkyl halides is 2. The van der Waals surface area contributed by atoms with Crippen LogP contribution in [-0.4, -0.2) is 63.2 Å². The molecule has 2 aromatic heterocycles. The first-order valence-electron chi connectivity index (χ1n) is 13.8. The number of benzene rings is 1. The van der Waals surface area contributed by atoms with E-state index in [1.807, 2.05) is 51.0 Å². The smallest absolute Gasteiger partial charge is 0.272 e. The summed E-state index contributed by atoms with van der Waals surface area (Å²) in [6.45, 7) is 8.43. The van der Waals surface area contributed by atoms with Gasteiger partial charge in [0, 0.05) is 54.4 Å². The molecule has 210 valence electrons. The van der Waals surface area contributed by atoms with Crippen molar-refractivity contribution in [2.75, 3.05) is 24.5 Å². The predicted octanol–water partition coefficient (Wildman–Crippen LogP) is 4.21. The third-order valence-electron chi connectivity index (χ3n) is 8.56. The second-order valence-electron chi connectivity index (χ2n) is 11.2. The van der Waals surface area contributed by atoms with Crippen LogP contribution in [0.2, 0.25) is 0 Å². The number of hydrogen-bond donors (Lipinski definition) is 2. The first-order chi connectivity index (χ1) is 18.5. The van der Waals surface area contributed by atoms with Crippen molar-refractivity contribution in [3.63, 3.8) is 0 Å². The molecule has 8 nitrogen and oxygen atoms in total. The van der Waals surface area contributed by atoms with Gasteiger partial charge < -0.3 is 15.2 Å². The number of aromatic nitrogens is 3. The van der Waals surface area contributed by atoms with Gasteiger partial charge in [0.15, 0.2) is 0 Å². The minimum atomic E-state index is -2.54. The Bertz CT molecular complexity index is 1450. The monoisotopic (exact) mass is 540 g/mol. The molecule has 1 saturated carbocycles. The van der Waals surface area contributed by atoms with Crippen molar-refractivity contribution in [3.05, 3.63) is 56.6 Å². The molecule has 1 saturated heterocycles. The maximum Gasteiger partial charge on any atom is 0.272 e. The van der Waals surface area contributed by atoms with E-state index in [0.29, 0.717) is 11.1 Å². The van der Waals surface area contributed by atoms with Crippen molar-refractivity contribution in [1.82, 2.24) is 25.0 Å². The number of nitrogens with zero attached hydrogens (tertiary/aromatic N) is 4. The summed E-state index contributed by atoms with van der Waals surface area (Å²) in [6.07, 6.45) is 5.44. The fourth-order valence-electron chi connectivity index (χ4n) is 6.49. The van der Waals surface area contributed by atoms with Crippen molar-refractivity contribution >= 4 is 22.5 Å². The number of carbonyl (C=O) groups is 1. The lowest BCUT2D eigenvalue weighted by molar-refractivity contribution is -0.149. The molecule has 39 heavy (non-hydrogen) atoms. The molecule has 3 aromatic rings. The summed E-state index contributed by atoms with van der Waals surface area (Å²) in [5.41, 5.74) is 5.25. The highest BCUT2D eigenvalue weighted by atomic mass is 19.3. The van der Waals surface area contributed by atoms with Crippen LogP contribution in [0.5, 0.6) is 0 Å². The van der Waals surface area contributed by atoms with Gasteiger partial charge in [-0.2, -0.15) is 5.10 Å². The van der Waals surface area contributed by atoms with Crippen molar-refractivity contribution in [2.24, 2.45) is 7.05 Å². The summed E-state index contributed by atoms with van der Waals surface area (Å²) in [6, 6.07) is 4.24. The molecular weight excluding hydrogens is 502 g/mol. The summed E-state index contributed by atoms with van der Waals surface area (Å²) >= 11 is 0. The highest BCUT2D eigenvalue weighted by Crippen LogP contribution is 2.39. The zero-order chi connectivity index (χ0) is 28.1. The summed E-state index contributed by atoms with van der Waals surface area (Å²) in [5, 5.41) is 8.44. The zero-order valence-corrected chi connectivity index (χ0v) is 23.4. The molecule has 2 N–H and O–H groups in total. The third-order valence-corrected chi connectivity index (χ3v) is 8.56. The number of nitrogens with one attached hydrogen (secondary N) is 2. The maximum atomic E-state index is 13.5. The molecule has 2 fully saturated rings. The van der Waals surface area contributed by atoms with E-state index in [9.17, 15) is 18.4 Å². The van der Waals surface area contributed by atoms with Gasteiger partial charge in [-0.1, -0.05) is 0 Å². The lowest BCUT2D eigenvalue weighted by Gasteiger charge is -2.47. The first-order valence-corrected chi connectivity index (χ1v) is 13.8. The van der Waals surface area contributed by atoms with E-state index in [1.54, 1.807) is 4.68 Å². The number of pyridine rings is 1. The Morgan fingerprint density at radius 1 is 1.18 bits per heavy atom. The quantitative estimate of drug-likeness (QED) is 0.469. The van der Waals surface area contributed by atoms with Crippen LogP contribution >= 0.6 is 0 Å². The Balaban J connectivity index is 1.40. The largest absolute Gasteiger partial charge is 0.368 e. The van der Waals surface area contributed by atoms with Gasteiger partial charge in [-0.25, -0.2) is 8.78 Å². The number of H-pyrrole nitrogens is 1. The van der Waals surface area contributed by atoms with Crippen LogP contribution < -0.4 is 15.8 Å². The maximum absolute atomic E-state index is 13.5. The van der Waals surface area contributed by atoms with Crippen molar-refractivity contribution < 1.29 is 13.6 Å². The molecule has 1 amide bonds. The van der Waals surface area contributed by atoms with E-state index in [0.717, 1.165) is 65.6 Å².